The highest BCUT2D eigenvalue weighted by Gasteiger charge is 2.18. The van der Waals surface area contributed by atoms with Gasteiger partial charge in [-0.2, -0.15) is 0 Å². The van der Waals surface area contributed by atoms with Gasteiger partial charge in [0.15, 0.2) is 0 Å². The first kappa shape index (κ1) is 22.5. The smallest absolute Gasteiger partial charge is 0.271 e. The van der Waals surface area contributed by atoms with Gasteiger partial charge >= 0.3 is 0 Å². The first-order chi connectivity index (χ1) is 14.7. The van der Waals surface area contributed by atoms with Gasteiger partial charge in [0, 0.05) is 24.0 Å². The minimum absolute atomic E-state index is 0.112. The van der Waals surface area contributed by atoms with Gasteiger partial charge in [0.25, 0.3) is 15.9 Å². The largest absolute Gasteiger partial charge is 0.332 e. The van der Waals surface area contributed by atoms with Gasteiger partial charge in [0.1, 0.15) is 4.21 Å². The molecule has 0 atom stereocenters. The first-order valence-electron chi connectivity index (χ1n) is 9.45. The predicted octanol–water partition coefficient (Wildman–Crippen LogP) is 3.88. The van der Waals surface area contributed by atoms with E-state index in [4.69, 9.17) is 0 Å². The number of anilines is 2. The molecule has 162 valence electrons. The fraction of sp³-hybridized carbons (Fsp3) is 0.182. The third kappa shape index (κ3) is 5.50. The maximum absolute atomic E-state index is 12.7. The summed E-state index contributed by atoms with van der Waals surface area (Å²) in [6, 6.07) is 15.0. The van der Waals surface area contributed by atoms with E-state index in [-0.39, 0.29) is 22.6 Å². The zero-order valence-electron chi connectivity index (χ0n) is 17.4. The lowest BCUT2D eigenvalue weighted by molar-refractivity contribution is -0.116. The molecule has 1 aromatic heterocycles. The maximum Gasteiger partial charge on any atom is 0.271 e. The van der Waals surface area contributed by atoms with Gasteiger partial charge in [0.2, 0.25) is 5.91 Å². The molecule has 0 spiro atoms. The van der Waals surface area contributed by atoms with Crippen LogP contribution in [-0.4, -0.2) is 38.7 Å². The Balaban J connectivity index is 1.62. The Bertz CT molecular complexity index is 1170. The van der Waals surface area contributed by atoms with Crippen LogP contribution in [0.4, 0.5) is 11.4 Å². The Morgan fingerprint density at radius 3 is 2.19 bits per heavy atom. The number of likely N-dealkylation sites (N-methyl/N-ethyl adjacent to an activating group) is 1. The van der Waals surface area contributed by atoms with Crippen LogP contribution in [-0.2, 0) is 14.8 Å². The molecular formula is C22H23N3O4S2. The molecule has 1 heterocycles. The van der Waals surface area contributed by atoms with E-state index < -0.39 is 10.0 Å². The summed E-state index contributed by atoms with van der Waals surface area (Å²) in [6.07, 6.45) is 0. The molecule has 0 aliphatic rings. The quantitative estimate of drug-likeness (QED) is 0.563. The summed E-state index contributed by atoms with van der Waals surface area (Å²) in [5.74, 6) is -0.641. The fourth-order valence-corrected chi connectivity index (χ4v) is 5.05. The van der Waals surface area contributed by atoms with Crippen molar-refractivity contribution in [2.45, 2.75) is 18.1 Å². The molecule has 0 radical (unpaired) electrons. The highest BCUT2D eigenvalue weighted by Crippen LogP contribution is 2.21. The van der Waals surface area contributed by atoms with Crippen LogP contribution in [0.2, 0.25) is 0 Å². The number of benzene rings is 2. The number of para-hydroxylation sites is 1. The average Bonchev–Trinajstić information content (AvgIpc) is 3.26. The summed E-state index contributed by atoms with van der Waals surface area (Å²) in [7, 11) is -2.11. The lowest BCUT2D eigenvalue weighted by Gasteiger charge is -2.18. The highest BCUT2D eigenvalue weighted by molar-refractivity contribution is 7.94. The summed E-state index contributed by atoms with van der Waals surface area (Å²) in [4.78, 5) is 26.4. The number of nitrogens with one attached hydrogen (secondary N) is 2. The third-order valence-electron chi connectivity index (χ3n) is 4.62. The fourth-order valence-electron chi connectivity index (χ4n) is 3.00. The summed E-state index contributed by atoms with van der Waals surface area (Å²) < 4.78 is 27.3. The molecule has 7 nitrogen and oxygen atoms in total. The Kier molecular flexibility index (Phi) is 6.77. The van der Waals surface area contributed by atoms with Crippen LogP contribution in [0.15, 0.2) is 64.2 Å². The van der Waals surface area contributed by atoms with E-state index in [2.05, 4.69) is 10.0 Å². The molecule has 3 rings (SSSR count). The van der Waals surface area contributed by atoms with Crippen molar-refractivity contribution in [3.63, 3.8) is 0 Å². The van der Waals surface area contributed by atoms with Gasteiger partial charge in [0.05, 0.1) is 6.54 Å². The van der Waals surface area contributed by atoms with Crippen molar-refractivity contribution in [3.05, 3.63) is 76.7 Å². The van der Waals surface area contributed by atoms with E-state index >= 15 is 0 Å². The monoisotopic (exact) mass is 457 g/mol. The zero-order chi connectivity index (χ0) is 22.6. The van der Waals surface area contributed by atoms with Crippen LogP contribution in [0, 0.1) is 13.8 Å². The first-order valence-corrected chi connectivity index (χ1v) is 11.8. The van der Waals surface area contributed by atoms with Crippen LogP contribution < -0.4 is 10.0 Å². The number of sulfonamides is 1. The Hall–Kier alpha value is -3.17. The van der Waals surface area contributed by atoms with Crippen molar-refractivity contribution in [2.24, 2.45) is 0 Å². The van der Waals surface area contributed by atoms with Crippen molar-refractivity contribution in [2.75, 3.05) is 23.6 Å². The van der Waals surface area contributed by atoms with Gasteiger partial charge in [-0.15, -0.1) is 11.3 Å². The topological polar surface area (TPSA) is 95.6 Å². The highest BCUT2D eigenvalue weighted by atomic mass is 32.2. The number of aryl methyl sites for hydroxylation is 2. The summed E-state index contributed by atoms with van der Waals surface area (Å²) in [5.41, 5.74) is 3.34. The minimum atomic E-state index is -3.65. The predicted molar refractivity (Wildman–Crippen MR) is 123 cm³/mol. The molecule has 0 saturated heterocycles. The van der Waals surface area contributed by atoms with Gasteiger partial charge < -0.3 is 10.2 Å². The normalized spacial score (nSPS) is 11.1. The summed E-state index contributed by atoms with van der Waals surface area (Å²) in [6.45, 7) is 3.71. The number of carbonyl (C=O) groups excluding carboxylic acids is 2. The van der Waals surface area contributed by atoms with E-state index in [1.165, 1.54) is 35.2 Å². The van der Waals surface area contributed by atoms with Crippen LogP contribution in [0.25, 0.3) is 0 Å². The van der Waals surface area contributed by atoms with Crippen LogP contribution >= 0.6 is 11.3 Å². The van der Waals surface area contributed by atoms with Gasteiger partial charge in [-0.3, -0.25) is 14.3 Å². The van der Waals surface area contributed by atoms with Crippen LogP contribution in [0.1, 0.15) is 21.5 Å². The Morgan fingerprint density at radius 2 is 1.61 bits per heavy atom. The molecular weight excluding hydrogens is 434 g/mol. The molecule has 0 aliphatic carbocycles. The molecule has 2 amide bonds. The van der Waals surface area contributed by atoms with E-state index in [9.17, 15) is 18.0 Å². The SMILES string of the molecule is Cc1cccc(C)c1NC(=O)CN(C)C(=O)c1ccc(NS(=O)(=O)c2cccs2)cc1. The Labute approximate surface area is 185 Å². The number of amides is 2. The molecule has 3 aromatic rings. The zero-order valence-corrected chi connectivity index (χ0v) is 19.0. The molecule has 9 heteroatoms. The van der Waals surface area contributed by atoms with Gasteiger partial charge in [-0.05, 0) is 60.7 Å². The number of hydrogen-bond acceptors (Lipinski definition) is 5. The molecule has 0 unspecified atom stereocenters. The van der Waals surface area contributed by atoms with Crippen molar-refractivity contribution in [1.29, 1.82) is 0 Å². The van der Waals surface area contributed by atoms with Gasteiger partial charge in [-0.1, -0.05) is 24.3 Å². The number of carbonyl (C=O) groups is 2. The second-order valence-electron chi connectivity index (χ2n) is 7.09. The van der Waals surface area contributed by atoms with E-state index in [0.29, 0.717) is 11.3 Å². The van der Waals surface area contributed by atoms with E-state index in [0.717, 1.165) is 28.2 Å². The molecule has 31 heavy (non-hydrogen) atoms. The maximum atomic E-state index is 12.7. The number of nitrogens with zero attached hydrogens (tertiary/aromatic N) is 1. The molecule has 0 aliphatic heterocycles. The standard InChI is InChI=1S/C22H23N3O4S2/c1-15-6-4-7-16(2)21(15)23-19(26)14-25(3)22(27)17-9-11-18(12-10-17)24-31(28,29)20-8-5-13-30-20/h4-13,24H,14H2,1-3H3,(H,23,26). The number of hydrogen-bond donors (Lipinski definition) is 2. The van der Waals surface area contributed by atoms with Crippen molar-refractivity contribution in [1.82, 2.24) is 4.90 Å². The molecule has 0 bridgehead atoms. The summed E-state index contributed by atoms with van der Waals surface area (Å²) >= 11 is 1.12. The second kappa shape index (κ2) is 9.32. The van der Waals surface area contributed by atoms with Crippen molar-refractivity contribution < 1.29 is 18.0 Å². The Morgan fingerprint density at radius 1 is 0.968 bits per heavy atom. The van der Waals surface area contributed by atoms with Crippen molar-refractivity contribution >= 4 is 44.5 Å². The average molecular weight is 458 g/mol. The lowest BCUT2D eigenvalue weighted by Crippen LogP contribution is -2.35. The van der Waals surface area contributed by atoms with Gasteiger partial charge in [-0.25, -0.2) is 8.42 Å². The van der Waals surface area contributed by atoms with E-state index in [1.54, 1.807) is 18.5 Å². The minimum Gasteiger partial charge on any atom is -0.332 e. The number of rotatable bonds is 7. The molecule has 2 aromatic carbocycles. The van der Waals surface area contributed by atoms with Crippen molar-refractivity contribution in [3.8, 4) is 0 Å². The van der Waals surface area contributed by atoms with Crippen LogP contribution in [0.3, 0.4) is 0 Å². The molecule has 0 saturated carbocycles. The van der Waals surface area contributed by atoms with E-state index in [1.807, 2.05) is 32.0 Å². The third-order valence-corrected chi connectivity index (χ3v) is 7.40. The number of thiophene rings is 1. The lowest BCUT2D eigenvalue weighted by atomic mass is 10.1. The van der Waals surface area contributed by atoms with Crippen LogP contribution in [0.5, 0.6) is 0 Å². The molecule has 0 fully saturated rings. The molecule has 2 N–H and O–H groups in total. The second-order valence-corrected chi connectivity index (χ2v) is 9.95. The summed E-state index contributed by atoms with van der Waals surface area (Å²) in [5, 5.41) is 4.54.